The number of anilines is 1. The summed E-state index contributed by atoms with van der Waals surface area (Å²) in [7, 11) is 0. The molecule has 2 aromatic rings. The van der Waals surface area contributed by atoms with E-state index in [4.69, 9.17) is 0 Å². The molecular formula is C17H15Br2N3O2. The van der Waals surface area contributed by atoms with Gasteiger partial charge in [-0.25, -0.2) is 5.43 Å². The maximum Gasteiger partial charge on any atom is 0.272 e. The van der Waals surface area contributed by atoms with Crippen LogP contribution >= 0.6 is 31.9 Å². The lowest BCUT2D eigenvalue weighted by Crippen LogP contribution is -2.21. The molecule has 0 saturated carbocycles. The smallest absolute Gasteiger partial charge is 0.272 e. The van der Waals surface area contributed by atoms with Crippen molar-refractivity contribution >= 4 is 55.1 Å². The van der Waals surface area contributed by atoms with Crippen molar-refractivity contribution in [1.29, 1.82) is 0 Å². The number of hydrazone groups is 1. The average Bonchev–Trinajstić information content (AvgIpc) is 2.55. The number of hydrogen-bond donors (Lipinski definition) is 2. The average molecular weight is 453 g/mol. The number of hydrogen-bond acceptors (Lipinski definition) is 3. The summed E-state index contributed by atoms with van der Waals surface area (Å²) >= 11 is 6.64. The topological polar surface area (TPSA) is 70.6 Å². The first-order valence-corrected chi connectivity index (χ1v) is 8.68. The molecular weight excluding hydrogens is 438 g/mol. The van der Waals surface area contributed by atoms with Crippen LogP contribution in [0.25, 0.3) is 0 Å². The van der Waals surface area contributed by atoms with Crippen LogP contribution in [0.15, 0.2) is 62.6 Å². The first-order valence-electron chi connectivity index (χ1n) is 7.09. The minimum absolute atomic E-state index is 0.0896. The van der Waals surface area contributed by atoms with Gasteiger partial charge in [0, 0.05) is 20.3 Å². The third kappa shape index (κ3) is 5.58. The molecule has 0 spiro atoms. The molecule has 0 heterocycles. The lowest BCUT2D eigenvalue weighted by molar-refractivity contribution is -0.115. The van der Waals surface area contributed by atoms with E-state index < -0.39 is 0 Å². The minimum Gasteiger partial charge on any atom is -0.326 e. The van der Waals surface area contributed by atoms with E-state index in [-0.39, 0.29) is 18.2 Å². The van der Waals surface area contributed by atoms with Crippen LogP contribution in [0.3, 0.4) is 0 Å². The molecule has 2 rings (SSSR count). The molecule has 5 nitrogen and oxygen atoms in total. The first-order chi connectivity index (χ1) is 11.5. The standard InChI is InChI=1S/C17H15Br2N3O2/c1-11(10-16(23)20-13-8-6-12(18)7-9-13)21-22-17(24)14-4-2-3-5-15(14)19/h2-9H,10H2,1H3,(H,20,23)(H,22,24)/b21-11-. The van der Waals surface area contributed by atoms with Crippen molar-refractivity contribution in [3.8, 4) is 0 Å². The van der Waals surface area contributed by atoms with E-state index in [1.54, 1.807) is 37.3 Å². The largest absolute Gasteiger partial charge is 0.326 e. The molecule has 0 fully saturated rings. The number of nitrogens with zero attached hydrogens (tertiary/aromatic N) is 1. The number of nitrogens with one attached hydrogen (secondary N) is 2. The van der Waals surface area contributed by atoms with E-state index in [1.807, 2.05) is 18.2 Å². The van der Waals surface area contributed by atoms with Gasteiger partial charge >= 0.3 is 0 Å². The van der Waals surface area contributed by atoms with Crippen molar-refractivity contribution in [1.82, 2.24) is 5.43 Å². The predicted molar refractivity (Wildman–Crippen MR) is 102 cm³/mol. The molecule has 0 aliphatic heterocycles. The molecule has 2 N–H and O–H groups in total. The second-order valence-electron chi connectivity index (χ2n) is 5.00. The summed E-state index contributed by atoms with van der Waals surface area (Å²) in [5.41, 5.74) is 4.14. The van der Waals surface area contributed by atoms with Crippen molar-refractivity contribution in [2.45, 2.75) is 13.3 Å². The van der Waals surface area contributed by atoms with Crippen molar-refractivity contribution in [3.63, 3.8) is 0 Å². The third-order valence-corrected chi connectivity index (χ3v) is 4.23. The maximum absolute atomic E-state index is 12.0. The molecule has 24 heavy (non-hydrogen) atoms. The normalized spacial score (nSPS) is 11.0. The van der Waals surface area contributed by atoms with Crippen LogP contribution in [0.5, 0.6) is 0 Å². The first kappa shape index (κ1) is 18.4. The van der Waals surface area contributed by atoms with E-state index in [1.165, 1.54) is 0 Å². The Labute approximate surface area is 156 Å². The molecule has 7 heteroatoms. The van der Waals surface area contributed by atoms with Gasteiger partial charge in [-0.2, -0.15) is 5.10 Å². The summed E-state index contributed by atoms with van der Waals surface area (Å²) in [6, 6.07) is 14.3. The Morgan fingerprint density at radius 3 is 2.38 bits per heavy atom. The van der Waals surface area contributed by atoms with Crippen LogP contribution in [0.1, 0.15) is 23.7 Å². The minimum atomic E-state index is -0.338. The zero-order valence-corrected chi connectivity index (χ0v) is 16.0. The van der Waals surface area contributed by atoms with Crippen LogP contribution in [0.4, 0.5) is 5.69 Å². The van der Waals surface area contributed by atoms with Crippen LogP contribution in [0.2, 0.25) is 0 Å². The summed E-state index contributed by atoms with van der Waals surface area (Å²) in [6.45, 7) is 1.68. The molecule has 0 radical (unpaired) electrons. The number of rotatable bonds is 5. The zero-order valence-electron chi connectivity index (χ0n) is 12.8. The molecule has 0 saturated heterocycles. The number of carbonyl (C=O) groups excluding carboxylic acids is 2. The van der Waals surface area contributed by atoms with Gasteiger partial charge in [0.2, 0.25) is 5.91 Å². The highest BCUT2D eigenvalue weighted by Crippen LogP contribution is 2.16. The van der Waals surface area contributed by atoms with Gasteiger partial charge in [-0.1, -0.05) is 28.1 Å². The predicted octanol–water partition coefficient (Wildman–Crippen LogP) is 4.35. The Kier molecular flexibility index (Phi) is 6.69. The fraction of sp³-hybridized carbons (Fsp3) is 0.118. The summed E-state index contributed by atoms with van der Waals surface area (Å²) < 4.78 is 1.62. The summed E-state index contributed by atoms with van der Waals surface area (Å²) in [6.07, 6.45) is 0.0896. The van der Waals surface area contributed by atoms with Gasteiger partial charge in [0.15, 0.2) is 0 Å². The van der Waals surface area contributed by atoms with Crippen LogP contribution in [0, 0.1) is 0 Å². The van der Waals surface area contributed by atoms with Crippen molar-refractivity contribution in [2.24, 2.45) is 5.10 Å². The van der Waals surface area contributed by atoms with E-state index in [9.17, 15) is 9.59 Å². The Bertz CT molecular complexity index is 774. The number of benzene rings is 2. The highest BCUT2D eigenvalue weighted by molar-refractivity contribution is 9.10. The SMILES string of the molecule is C/C(CC(=O)Nc1ccc(Br)cc1)=N/NC(=O)c1ccccc1Br. The van der Waals surface area contributed by atoms with E-state index in [2.05, 4.69) is 47.7 Å². The lowest BCUT2D eigenvalue weighted by atomic mass is 10.2. The lowest BCUT2D eigenvalue weighted by Gasteiger charge is -2.06. The van der Waals surface area contributed by atoms with Crippen molar-refractivity contribution < 1.29 is 9.59 Å². The highest BCUT2D eigenvalue weighted by atomic mass is 79.9. The second-order valence-corrected chi connectivity index (χ2v) is 6.77. The van der Waals surface area contributed by atoms with Gasteiger partial charge in [-0.15, -0.1) is 0 Å². The van der Waals surface area contributed by atoms with E-state index >= 15 is 0 Å². The van der Waals surface area contributed by atoms with Crippen molar-refractivity contribution in [2.75, 3.05) is 5.32 Å². The molecule has 0 unspecified atom stereocenters. The molecule has 0 aliphatic rings. The molecule has 0 bridgehead atoms. The van der Waals surface area contributed by atoms with Crippen LogP contribution in [-0.2, 0) is 4.79 Å². The van der Waals surface area contributed by atoms with Gasteiger partial charge < -0.3 is 5.32 Å². The van der Waals surface area contributed by atoms with Gasteiger partial charge in [0.05, 0.1) is 12.0 Å². The Balaban J connectivity index is 1.89. The summed E-state index contributed by atoms with van der Waals surface area (Å²) in [5, 5.41) is 6.73. The zero-order chi connectivity index (χ0) is 17.5. The van der Waals surface area contributed by atoms with Crippen LogP contribution in [-0.4, -0.2) is 17.5 Å². The quantitative estimate of drug-likeness (QED) is 0.523. The number of halogens is 2. The van der Waals surface area contributed by atoms with Crippen LogP contribution < -0.4 is 10.7 Å². The highest BCUT2D eigenvalue weighted by Gasteiger charge is 2.09. The third-order valence-electron chi connectivity index (χ3n) is 3.01. The molecule has 124 valence electrons. The summed E-state index contributed by atoms with van der Waals surface area (Å²) in [5.74, 6) is -0.538. The number of amides is 2. The Morgan fingerprint density at radius 1 is 1.04 bits per heavy atom. The fourth-order valence-electron chi connectivity index (χ4n) is 1.86. The van der Waals surface area contributed by atoms with E-state index in [0.717, 1.165) is 4.47 Å². The molecule has 0 aliphatic carbocycles. The Morgan fingerprint density at radius 2 is 1.71 bits per heavy atom. The molecule has 0 aromatic heterocycles. The Hall–Kier alpha value is -1.99. The molecule has 0 atom stereocenters. The van der Waals surface area contributed by atoms with Gasteiger partial charge in [0.25, 0.3) is 5.91 Å². The second kappa shape index (κ2) is 8.75. The van der Waals surface area contributed by atoms with Gasteiger partial charge in [0.1, 0.15) is 0 Å². The van der Waals surface area contributed by atoms with E-state index in [0.29, 0.717) is 21.4 Å². The molecule has 2 amide bonds. The maximum atomic E-state index is 12.0. The monoisotopic (exact) mass is 451 g/mol. The fourth-order valence-corrected chi connectivity index (χ4v) is 2.59. The van der Waals surface area contributed by atoms with Gasteiger partial charge in [-0.05, 0) is 59.3 Å². The molecule has 2 aromatic carbocycles. The summed E-state index contributed by atoms with van der Waals surface area (Å²) in [4.78, 5) is 24.0. The van der Waals surface area contributed by atoms with Crippen molar-refractivity contribution in [3.05, 3.63) is 63.0 Å². The van der Waals surface area contributed by atoms with Gasteiger partial charge in [-0.3, -0.25) is 9.59 Å². The number of carbonyl (C=O) groups is 2.